The number of hydrogen-bond acceptors (Lipinski definition) is 3. The molecular weight excluding hydrogens is 372 g/mol. The van der Waals surface area contributed by atoms with Gasteiger partial charge in [0.15, 0.2) is 0 Å². The minimum absolute atomic E-state index is 0.0826. The molecule has 0 saturated heterocycles. The van der Waals surface area contributed by atoms with Crippen LogP contribution in [0.15, 0.2) is 78.9 Å². The molecule has 0 radical (unpaired) electrons. The van der Waals surface area contributed by atoms with Crippen LogP contribution >= 0.6 is 11.6 Å². The number of carbonyl (C=O) groups is 1. The highest BCUT2D eigenvalue weighted by Crippen LogP contribution is 2.23. The van der Waals surface area contributed by atoms with Gasteiger partial charge in [0.2, 0.25) is 5.91 Å². The Morgan fingerprint density at radius 2 is 1.57 bits per heavy atom. The van der Waals surface area contributed by atoms with Crippen molar-refractivity contribution < 1.29 is 9.53 Å². The summed E-state index contributed by atoms with van der Waals surface area (Å²) < 4.78 is 5.32. The molecule has 0 aliphatic heterocycles. The van der Waals surface area contributed by atoms with Crippen LogP contribution in [0.3, 0.4) is 0 Å². The van der Waals surface area contributed by atoms with Crippen LogP contribution in [-0.2, 0) is 11.3 Å². The van der Waals surface area contributed by atoms with E-state index in [2.05, 4.69) is 10.6 Å². The lowest BCUT2D eigenvalue weighted by Gasteiger charge is -2.20. The molecule has 0 aromatic heterocycles. The summed E-state index contributed by atoms with van der Waals surface area (Å²) in [6.45, 7) is 0.610. The summed E-state index contributed by atoms with van der Waals surface area (Å²) in [5.41, 5.74) is 3.08. The van der Waals surface area contributed by atoms with Gasteiger partial charge in [0.05, 0.1) is 19.7 Å². The van der Waals surface area contributed by atoms with Gasteiger partial charge in [-0.3, -0.25) is 10.1 Å². The Balaban J connectivity index is 1.64. The molecule has 4 nitrogen and oxygen atoms in total. The quantitative estimate of drug-likeness (QED) is 0.597. The van der Waals surface area contributed by atoms with Gasteiger partial charge < -0.3 is 10.1 Å². The van der Waals surface area contributed by atoms with Crippen LogP contribution in [0.5, 0.6) is 5.75 Å². The van der Waals surface area contributed by atoms with E-state index in [1.54, 1.807) is 7.11 Å². The van der Waals surface area contributed by atoms with Crippen LogP contribution in [0.2, 0.25) is 5.02 Å². The molecule has 28 heavy (non-hydrogen) atoms. The molecule has 5 heteroatoms. The zero-order valence-corrected chi connectivity index (χ0v) is 16.4. The third-order valence-corrected chi connectivity index (χ3v) is 4.72. The zero-order valence-electron chi connectivity index (χ0n) is 15.7. The summed E-state index contributed by atoms with van der Waals surface area (Å²) in [4.78, 5) is 12.4. The van der Waals surface area contributed by atoms with E-state index in [-0.39, 0.29) is 18.5 Å². The van der Waals surface area contributed by atoms with E-state index in [1.807, 2.05) is 78.9 Å². The Hall–Kier alpha value is -2.82. The van der Waals surface area contributed by atoms with Crippen LogP contribution in [0.25, 0.3) is 0 Å². The summed E-state index contributed by atoms with van der Waals surface area (Å²) >= 11 is 6.02. The molecule has 2 N–H and O–H groups in total. The van der Waals surface area contributed by atoms with Crippen molar-refractivity contribution in [1.29, 1.82) is 0 Å². The van der Waals surface area contributed by atoms with Crippen LogP contribution in [0, 0.1) is 0 Å². The molecule has 1 atom stereocenters. The number of para-hydroxylation sites is 1. The second kappa shape index (κ2) is 9.93. The molecule has 3 aromatic carbocycles. The Bertz CT molecular complexity index is 898. The maximum absolute atomic E-state index is 12.4. The Kier molecular flexibility index (Phi) is 7.06. The maximum Gasteiger partial charge on any atom is 0.234 e. The highest BCUT2D eigenvalue weighted by Gasteiger charge is 2.15. The first-order chi connectivity index (χ1) is 13.7. The topological polar surface area (TPSA) is 50.4 Å². The maximum atomic E-state index is 12.4. The van der Waals surface area contributed by atoms with Crippen LogP contribution in [0.4, 0.5) is 0 Å². The van der Waals surface area contributed by atoms with Crippen molar-refractivity contribution in [2.75, 3.05) is 13.7 Å². The number of benzene rings is 3. The molecule has 0 heterocycles. The fourth-order valence-electron chi connectivity index (χ4n) is 3.03. The van der Waals surface area contributed by atoms with Crippen molar-refractivity contribution in [1.82, 2.24) is 10.6 Å². The number of rotatable bonds is 8. The molecular formula is C23H23ClN2O2. The smallest absolute Gasteiger partial charge is 0.234 e. The second-order valence-corrected chi connectivity index (χ2v) is 6.80. The number of nitrogens with one attached hydrogen (secondary N) is 2. The van der Waals surface area contributed by atoms with E-state index in [9.17, 15) is 4.79 Å². The molecule has 144 valence electrons. The summed E-state index contributed by atoms with van der Waals surface area (Å²) in [7, 11) is 1.62. The highest BCUT2D eigenvalue weighted by molar-refractivity contribution is 6.30. The van der Waals surface area contributed by atoms with Gasteiger partial charge in [-0.1, -0.05) is 72.3 Å². The fourth-order valence-corrected chi connectivity index (χ4v) is 3.15. The van der Waals surface area contributed by atoms with Gasteiger partial charge in [0, 0.05) is 17.1 Å². The fraction of sp³-hybridized carbons (Fsp3) is 0.174. The number of methoxy groups -OCH3 is 1. The third-order valence-electron chi connectivity index (χ3n) is 4.47. The number of halogens is 1. The first kappa shape index (κ1) is 19.9. The minimum Gasteiger partial charge on any atom is -0.496 e. The van der Waals surface area contributed by atoms with Crippen molar-refractivity contribution in [3.05, 3.63) is 101 Å². The second-order valence-electron chi connectivity index (χ2n) is 6.36. The Morgan fingerprint density at radius 3 is 2.29 bits per heavy atom. The van der Waals surface area contributed by atoms with E-state index in [0.29, 0.717) is 11.6 Å². The lowest BCUT2D eigenvalue weighted by atomic mass is 9.99. The Labute approximate surface area is 170 Å². The molecule has 0 aliphatic carbocycles. The van der Waals surface area contributed by atoms with Gasteiger partial charge >= 0.3 is 0 Å². The van der Waals surface area contributed by atoms with Crippen molar-refractivity contribution in [2.45, 2.75) is 12.6 Å². The SMILES string of the molecule is COc1ccccc1CNC(=O)CN[C@H](c1ccccc1)c1ccc(Cl)cc1. The van der Waals surface area contributed by atoms with E-state index in [1.165, 1.54) is 0 Å². The van der Waals surface area contributed by atoms with Crippen molar-refractivity contribution in [3.63, 3.8) is 0 Å². The van der Waals surface area contributed by atoms with Crippen molar-refractivity contribution in [3.8, 4) is 5.75 Å². The van der Waals surface area contributed by atoms with Gasteiger partial charge in [-0.15, -0.1) is 0 Å². The monoisotopic (exact) mass is 394 g/mol. The number of carbonyl (C=O) groups excluding carboxylic acids is 1. The predicted octanol–water partition coefficient (Wildman–Crippen LogP) is 4.34. The molecule has 3 rings (SSSR count). The lowest BCUT2D eigenvalue weighted by Crippen LogP contribution is -2.35. The molecule has 0 bridgehead atoms. The third kappa shape index (κ3) is 5.35. The van der Waals surface area contributed by atoms with E-state index in [4.69, 9.17) is 16.3 Å². The van der Waals surface area contributed by atoms with E-state index in [0.717, 1.165) is 22.4 Å². The van der Waals surface area contributed by atoms with Gasteiger partial charge in [0.1, 0.15) is 5.75 Å². The molecule has 0 spiro atoms. The average molecular weight is 395 g/mol. The van der Waals surface area contributed by atoms with Crippen LogP contribution in [-0.4, -0.2) is 19.6 Å². The Morgan fingerprint density at radius 1 is 0.929 bits per heavy atom. The van der Waals surface area contributed by atoms with E-state index < -0.39 is 0 Å². The van der Waals surface area contributed by atoms with Crippen molar-refractivity contribution >= 4 is 17.5 Å². The molecule has 0 unspecified atom stereocenters. The van der Waals surface area contributed by atoms with Crippen molar-refractivity contribution in [2.24, 2.45) is 0 Å². The standard InChI is InChI=1S/C23H23ClN2O2/c1-28-21-10-6-5-9-19(21)15-25-22(27)16-26-23(17-7-3-2-4-8-17)18-11-13-20(24)14-12-18/h2-14,23,26H,15-16H2,1H3,(H,25,27)/t23-/m1/s1. The predicted molar refractivity (Wildman–Crippen MR) is 113 cm³/mol. The number of amides is 1. The van der Waals surface area contributed by atoms with Gasteiger partial charge in [0.25, 0.3) is 0 Å². The summed E-state index contributed by atoms with van der Waals surface area (Å²) in [6.07, 6.45) is 0. The first-order valence-electron chi connectivity index (χ1n) is 9.10. The molecule has 3 aromatic rings. The first-order valence-corrected chi connectivity index (χ1v) is 9.47. The molecule has 0 saturated carbocycles. The largest absolute Gasteiger partial charge is 0.496 e. The van der Waals surface area contributed by atoms with Gasteiger partial charge in [-0.05, 0) is 29.3 Å². The summed E-state index contributed by atoms with van der Waals surface area (Å²) in [6, 6.07) is 25.2. The normalized spacial score (nSPS) is 11.6. The lowest BCUT2D eigenvalue weighted by molar-refractivity contribution is -0.120. The van der Waals surface area contributed by atoms with Crippen LogP contribution in [0.1, 0.15) is 22.7 Å². The summed E-state index contributed by atoms with van der Waals surface area (Å²) in [5.74, 6) is 0.680. The molecule has 0 fully saturated rings. The van der Waals surface area contributed by atoms with Gasteiger partial charge in [-0.2, -0.15) is 0 Å². The van der Waals surface area contributed by atoms with Gasteiger partial charge in [-0.25, -0.2) is 0 Å². The van der Waals surface area contributed by atoms with E-state index >= 15 is 0 Å². The highest BCUT2D eigenvalue weighted by atomic mass is 35.5. The van der Waals surface area contributed by atoms with Crippen LogP contribution < -0.4 is 15.4 Å². The molecule has 0 aliphatic rings. The average Bonchev–Trinajstić information content (AvgIpc) is 2.74. The summed E-state index contributed by atoms with van der Waals surface area (Å²) in [5, 5.41) is 6.97. The number of hydrogen-bond donors (Lipinski definition) is 2. The number of ether oxygens (including phenoxy) is 1. The molecule has 1 amide bonds. The zero-order chi connectivity index (χ0) is 19.8. The minimum atomic E-state index is -0.101.